The highest BCUT2D eigenvalue weighted by Crippen LogP contribution is 2.36. The van der Waals surface area contributed by atoms with Gasteiger partial charge in [0.15, 0.2) is 0 Å². The van der Waals surface area contributed by atoms with Crippen LogP contribution in [0.3, 0.4) is 0 Å². The van der Waals surface area contributed by atoms with E-state index in [1.165, 1.54) is 24.3 Å². The fourth-order valence-corrected chi connectivity index (χ4v) is 3.17. The summed E-state index contributed by atoms with van der Waals surface area (Å²) >= 11 is 0. The van der Waals surface area contributed by atoms with E-state index in [0.29, 0.717) is 19.3 Å². The molecule has 0 aromatic heterocycles. The predicted octanol–water partition coefficient (Wildman–Crippen LogP) is 3.65. The molecule has 0 aliphatic heterocycles. The number of benzene rings is 1. The molecular weight excluding hydrogens is 409 g/mol. The van der Waals surface area contributed by atoms with Gasteiger partial charge in [-0.3, -0.25) is 0 Å². The molecule has 1 aromatic carbocycles. The molecule has 9 heteroatoms. The van der Waals surface area contributed by atoms with Gasteiger partial charge >= 0.3 is 15.6 Å². The van der Waals surface area contributed by atoms with Crippen LogP contribution in [0.2, 0.25) is 0 Å². The number of carboxylic acids is 1. The third-order valence-electron chi connectivity index (χ3n) is 4.21. The summed E-state index contributed by atoms with van der Waals surface area (Å²) in [6.07, 6.45) is 7.60. The van der Waals surface area contributed by atoms with E-state index in [1.807, 2.05) is 13.8 Å². The third-order valence-corrected chi connectivity index (χ3v) is 5.18. The average Bonchev–Trinajstić information content (AvgIpc) is 2.60. The monoisotopic (exact) mass is 429 g/mol. The lowest BCUT2D eigenvalue weighted by atomic mass is 9.82. The highest BCUT2D eigenvalue weighted by Gasteiger charge is 2.49. The highest BCUT2D eigenvalue weighted by molar-refractivity contribution is 7.87. The predicted molar refractivity (Wildman–Crippen MR) is 98.9 cm³/mol. The lowest BCUT2D eigenvalue weighted by Crippen LogP contribution is -2.26. The minimum atomic E-state index is -5.75. The summed E-state index contributed by atoms with van der Waals surface area (Å²) in [5.41, 5.74) is -4.69. The number of hydrogen-bond donors (Lipinski definition) is 0. The van der Waals surface area contributed by atoms with Crippen molar-refractivity contribution in [1.82, 2.24) is 0 Å². The minimum Gasteiger partial charge on any atom is -0.545 e. The normalized spacial score (nSPS) is 17.0. The van der Waals surface area contributed by atoms with Crippen LogP contribution in [0.4, 0.5) is 13.2 Å². The molecule has 1 aliphatic rings. The van der Waals surface area contributed by atoms with Crippen molar-refractivity contribution < 1.29 is 35.7 Å². The van der Waals surface area contributed by atoms with Crippen LogP contribution in [0.1, 0.15) is 42.6 Å². The summed E-state index contributed by atoms with van der Waals surface area (Å²) in [6, 6.07) is 6.15. The van der Waals surface area contributed by atoms with E-state index in [9.17, 15) is 31.5 Å². The Morgan fingerprint density at radius 2 is 1.86 bits per heavy atom. The molecule has 0 saturated heterocycles. The molecule has 0 amide bonds. The summed E-state index contributed by atoms with van der Waals surface area (Å²) in [7, 11) is -5.75. The molecule has 0 fully saturated rings. The number of carbonyl (C=O) groups is 1. The SMILES string of the molecule is CC1(C)C=C(/C=C/CCc2ccc(C(=O)[O-])cc2)C(OS(=O)(=O)C(F)(F)F)=CC1. The first-order valence-corrected chi connectivity index (χ1v) is 10.1. The molecule has 2 rings (SSSR count). The fourth-order valence-electron chi connectivity index (χ4n) is 2.67. The quantitative estimate of drug-likeness (QED) is 0.488. The number of rotatable bonds is 7. The maximum Gasteiger partial charge on any atom is 0.534 e. The van der Waals surface area contributed by atoms with Crippen LogP contribution in [0, 0.1) is 5.41 Å². The number of hydrogen-bond acceptors (Lipinski definition) is 5. The number of carboxylic acid groups (broad SMARTS) is 1. The van der Waals surface area contributed by atoms with Gasteiger partial charge in [-0.2, -0.15) is 21.6 Å². The van der Waals surface area contributed by atoms with Gasteiger partial charge in [0, 0.05) is 5.57 Å². The first-order chi connectivity index (χ1) is 13.3. The van der Waals surface area contributed by atoms with Gasteiger partial charge in [0.05, 0.1) is 5.97 Å². The number of allylic oxidation sites excluding steroid dienone is 4. The van der Waals surface area contributed by atoms with Crippen molar-refractivity contribution in [2.75, 3.05) is 0 Å². The molecule has 158 valence electrons. The van der Waals surface area contributed by atoms with E-state index in [4.69, 9.17) is 0 Å². The van der Waals surface area contributed by atoms with Crippen LogP contribution >= 0.6 is 0 Å². The van der Waals surface area contributed by atoms with Crippen molar-refractivity contribution in [2.24, 2.45) is 5.41 Å². The molecular formula is C20H20F3O5S-. The van der Waals surface area contributed by atoms with Gasteiger partial charge in [0.1, 0.15) is 5.76 Å². The van der Waals surface area contributed by atoms with Crippen LogP contribution in [-0.2, 0) is 20.7 Å². The molecule has 0 saturated carbocycles. The van der Waals surface area contributed by atoms with Crippen molar-refractivity contribution in [3.8, 4) is 0 Å². The van der Waals surface area contributed by atoms with Crippen LogP contribution < -0.4 is 5.11 Å². The second-order valence-corrected chi connectivity index (χ2v) is 8.81. The summed E-state index contributed by atoms with van der Waals surface area (Å²) in [6.45, 7) is 3.73. The largest absolute Gasteiger partial charge is 0.545 e. The van der Waals surface area contributed by atoms with Gasteiger partial charge in [-0.05, 0) is 41.9 Å². The first-order valence-electron chi connectivity index (χ1n) is 8.72. The Kier molecular flexibility index (Phi) is 6.62. The average molecular weight is 429 g/mol. The van der Waals surface area contributed by atoms with Gasteiger partial charge < -0.3 is 14.1 Å². The van der Waals surface area contributed by atoms with Gasteiger partial charge in [0.2, 0.25) is 0 Å². The van der Waals surface area contributed by atoms with Crippen molar-refractivity contribution in [1.29, 1.82) is 0 Å². The van der Waals surface area contributed by atoms with E-state index >= 15 is 0 Å². The smallest absolute Gasteiger partial charge is 0.534 e. The third kappa shape index (κ3) is 6.22. The summed E-state index contributed by atoms with van der Waals surface area (Å²) in [4.78, 5) is 10.7. The number of halogens is 3. The van der Waals surface area contributed by atoms with Gasteiger partial charge in [0.25, 0.3) is 0 Å². The molecule has 0 unspecified atom stereocenters. The maximum atomic E-state index is 12.6. The van der Waals surface area contributed by atoms with Crippen LogP contribution in [-0.4, -0.2) is 19.9 Å². The zero-order valence-electron chi connectivity index (χ0n) is 15.8. The lowest BCUT2D eigenvalue weighted by molar-refractivity contribution is -0.255. The Balaban J connectivity index is 2.09. The molecule has 0 spiro atoms. The summed E-state index contributed by atoms with van der Waals surface area (Å²) in [5.74, 6) is -1.62. The number of carbonyl (C=O) groups excluding carboxylic acids is 1. The molecule has 1 aromatic rings. The lowest BCUT2D eigenvalue weighted by Gasteiger charge is -2.26. The van der Waals surface area contributed by atoms with E-state index in [2.05, 4.69) is 4.18 Å². The Labute approximate surface area is 167 Å². The standard InChI is InChI=1S/C20H21F3O5S/c1-19(2)12-11-17(28-29(26,27)20(21,22)23)16(13-19)6-4-3-5-14-7-9-15(10-8-14)18(24)25/h4,6-11,13H,3,5,12H2,1-2H3,(H,24,25)/p-1/b6-4+. The summed E-state index contributed by atoms with van der Waals surface area (Å²) < 4.78 is 64.9. The molecule has 29 heavy (non-hydrogen) atoms. The van der Waals surface area contributed by atoms with Crippen LogP contribution in [0.15, 0.2) is 59.9 Å². The highest BCUT2D eigenvalue weighted by atomic mass is 32.2. The van der Waals surface area contributed by atoms with Gasteiger partial charge in [-0.25, -0.2) is 0 Å². The topological polar surface area (TPSA) is 83.5 Å². The Morgan fingerprint density at radius 1 is 1.24 bits per heavy atom. The van der Waals surface area contributed by atoms with E-state index in [0.717, 1.165) is 5.56 Å². The van der Waals surface area contributed by atoms with Crippen LogP contribution in [0.25, 0.3) is 0 Å². The molecule has 5 nitrogen and oxygen atoms in total. The molecule has 0 heterocycles. The van der Waals surface area contributed by atoms with Crippen LogP contribution in [0.5, 0.6) is 0 Å². The fraction of sp³-hybridized carbons (Fsp3) is 0.350. The van der Waals surface area contributed by atoms with E-state index in [-0.39, 0.29) is 22.3 Å². The zero-order chi connectivity index (χ0) is 21.9. The van der Waals surface area contributed by atoms with E-state index in [1.54, 1.807) is 24.3 Å². The molecule has 0 N–H and O–H groups in total. The van der Waals surface area contributed by atoms with Gasteiger partial charge in [-0.15, -0.1) is 0 Å². The van der Waals surface area contributed by atoms with Gasteiger partial charge in [-0.1, -0.05) is 56.3 Å². The van der Waals surface area contributed by atoms with Crippen molar-refractivity contribution >= 4 is 16.1 Å². The Bertz CT molecular complexity index is 953. The second kappa shape index (κ2) is 8.44. The summed E-state index contributed by atoms with van der Waals surface area (Å²) in [5, 5.41) is 10.7. The Morgan fingerprint density at radius 3 is 2.41 bits per heavy atom. The minimum absolute atomic E-state index is 0.0664. The molecule has 0 radical (unpaired) electrons. The van der Waals surface area contributed by atoms with Crippen molar-refractivity contribution in [2.45, 2.75) is 38.6 Å². The number of aromatic carboxylic acids is 1. The van der Waals surface area contributed by atoms with Crippen molar-refractivity contribution in [3.05, 3.63) is 71.0 Å². The maximum absolute atomic E-state index is 12.6. The second-order valence-electron chi connectivity index (χ2n) is 7.27. The van der Waals surface area contributed by atoms with E-state index < -0.39 is 21.6 Å². The zero-order valence-corrected chi connectivity index (χ0v) is 16.6. The number of alkyl halides is 3. The number of aryl methyl sites for hydroxylation is 1. The molecule has 1 aliphatic carbocycles. The van der Waals surface area contributed by atoms with Crippen molar-refractivity contribution in [3.63, 3.8) is 0 Å². The first kappa shape index (κ1) is 22.7. The molecule has 0 atom stereocenters. The molecule has 0 bridgehead atoms. The Hall–Kier alpha value is -2.55.